The van der Waals surface area contributed by atoms with E-state index in [4.69, 9.17) is 21.1 Å². The summed E-state index contributed by atoms with van der Waals surface area (Å²) in [6.07, 6.45) is -0.419. The second kappa shape index (κ2) is 6.30. The molecule has 23 heavy (non-hydrogen) atoms. The molecule has 3 rings (SSSR count). The van der Waals surface area contributed by atoms with Crippen LogP contribution in [0.25, 0.3) is 0 Å². The number of benzene rings is 2. The van der Waals surface area contributed by atoms with E-state index < -0.39 is 12.1 Å². The second-order valence-corrected chi connectivity index (χ2v) is 5.55. The van der Waals surface area contributed by atoms with Gasteiger partial charge in [0.05, 0.1) is 17.1 Å². The third kappa shape index (κ3) is 3.29. The van der Waals surface area contributed by atoms with Gasteiger partial charge in [-0.2, -0.15) is 0 Å². The summed E-state index contributed by atoms with van der Waals surface area (Å²) in [4.78, 5) is 25.4. The van der Waals surface area contributed by atoms with Gasteiger partial charge in [-0.25, -0.2) is 9.59 Å². The van der Waals surface area contributed by atoms with Crippen molar-refractivity contribution in [2.45, 2.75) is 6.92 Å². The molecule has 0 N–H and O–H groups in total. The van der Waals surface area contributed by atoms with Crippen molar-refractivity contribution in [2.75, 3.05) is 18.1 Å². The molecular formula is C17H14ClNO4. The van der Waals surface area contributed by atoms with Crippen molar-refractivity contribution in [1.29, 1.82) is 0 Å². The predicted molar refractivity (Wildman–Crippen MR) is 86.3 cm³/mol. The predicted octanol–water partition coefficient (Wildman–Crippen LogP) is 3.82. The lowest BCUT2D eigenvalue weighted by Gasteiger charge is -2.13. The summed E-state index contributed by atoms with van der Waals surface area (Å²) in [5.74, 6) is -0.227. The van der Waals surface area contributed by atoms with E-state index in [1.54, 1.807) is 36.4 Å². The first kappa shape index (κ1) is 15.4. The molecule has 118 valence electrons. The molecule has 1 aliphatic heterocycles. The Labute approximate surface area is 138 Å². The van der Waals surface area contributed by atoms with Gasteiger partial charge in [0, 0.05) is 5.69 Å². The smallest absolute Gasteiger partial charge is 0.414 e. The highest BCUT2D eigenvalue weighted by Crippen LogP contribution is 2.27. The second-order valence-electron chi connectivity index (χ2n) is 5.14. The molecule has 1 saturated heterocycles. The van der Waals surface area contributed by atoms with Crippen molar-refractivity contribution in [3.05, 3.63) is 58.6 Å². The Morgan fingerprint density at radius 1 is 1.26 bits per heavy atom. The number of carbonyl (C=O) groups excluding carboxylic acids is 2. The fraction of sp³-hybridized carbons (Fsp3) is 0.176. The molecule has 0 aromatic heterocycles. The Bertz CT molecular complexity index is 775. The van der Waals surface area contributed by atoms with Gasteiger partial charge >= 0.3 is 12.1 Å². The van der Waals surface area contributed by atoms with Crippen LogP contribution in [0.4, 0.5) is 10.5 Å². The lowest BCUT2D eigenvalue weighted by Crippen LogP contribution is -2.23. The zero-order valence-electron chi connectivity index (χ0n) is 12.4. The van der Waals surface area contributed by atoms with Gasteiger partial charge in [-0.3, -0.25) is 4.90 Å². The number of halogens is 1. The molecule has 2 aromatic carbocycles. The number of amides is 1. The number of anilines is 1. The summed E-state index contributed by atoms with van der Waals surface area (Å²) >= 11 is 6.04. The zero-order chi connectivity index (χ0) is 16.4. The topological polar surface area (TPSA) is 55.8 Å². The maximum Gasteiger partial charge on any atom is 0.414 e. The molecule has 6 heteroatoms. The Morgan fingerprint density at radius 2 is 2.09 bits per heavy atom. The van der Waals surface area contributed by atoms with Crippen LogP contribution in [0.15, 0.2) is 42.5 Å². The Kier molecular flexibility index (Phi) is 4.21. The molecule has 0 spiro atoms. The minimum absolute atomic E-state index is 0.308. The average Bonchev–Trinajstić information content (AvgIpc) is 2.97. The molecule has 1 heterocycles. The van der Waals surface area contributed by atoms with Crippen LogP contribution in [0.5, 0.6) is 5.75 Å². The Balaban J connectivity index is 1.82. The van der Waals surface area contributed by atoms with Crippen molar-refractivity contribution in [1.82, 2.24) is 0 Å². The third-order valence-electron chi connectivity index (χ3n) is 3.44. The number of esters is 1. The van der Waals surface area contributed by atoms with E-state index in [0.29, 0.717) is 35.2 Å². The summed E-state index contributed by atoms with van der Waals surface area (Å²) in [7, 11) is 0. The quantitative estimate of drug-likeness (QED) is 0.633. The summed E-state index contributed by atoms with van der Waals surface area (Å²) in [6, 6.07) is 11.9. The summed E-state index contributed by atoms with van der Waals surface area (Å²) in [6.45, 7) is 2.68. The molecule has 2 aromatic rings. The summed E-state index contributed by atoms with van der Waals surface area (Å²) in [5.41, 5.74) is 1.86. The van der Waals surface area contributed by atoms with Crippen LogP contribution >= 0.6 is 11.6 Å². The van der Waals surface area contributed by atoms with Crippen LogP contribution in [0.2, 0.25) is 5.02 Å². The van der Waals surface area contributed by atoms with Gasteiger partial charge in [-0.1, -0.05) is 23.7 Å². The summed E-state index contributed by atoms with van der Waals surface area (Å²) < 4.78 is 10.2. The van der Waals surface area contributed by atoms with E-state index in [1.165, 1.54) is 4.90 Å². The Hall–Kier alpha value is -2.53. The van der Waals surface area contributed by atoms with Crippen LogP contribution in [-0.4, -0.2) is 25.2 Å². The number of hydrogen-bond acceptors (Lipinski definition) is 4. The number of nitrogens with zero attached hydrogens (tertiary/aromatic N) is 1. The highest BCUT2D eigenvalue weighted by molar-refractivity contribution is 6.32. The monoisotopic (exact) mass is 331 g/mol. The molecular weight excluding hydrogens is 318 g/mol. The van der Waals surface area contributed by atoms with E-state index in [9.17, 15) is 9.59 Å². The molecule has 0 radical (unpaired) electrons. The van der Waals surface area contributed by atoms with E-state index in [1.807, 2.05) is 13.0 Å². The highest BCUT2D eigenvalue weighted by Gasteiger charge is 2.24. The minimum Gasteiger partial charge on any atom is -0.447 e. The van der Waals surface area contributed by atoms with Crippen LogP contribution < -0.4 is 9.64 Å². The molecule has 0 atom stereocenters. The molecule has 1 amide bonds. The van der Waals surface area contributed by atoms with Gasteiger partial charge in [-0.15, -0.1) is 0 Å². The Morgan fingerprint density at radius 3 is 2.83 bits per heavy atom. The van der Waals surface area contributed by atoms with Crippen LogP contribution in [0.3, 0.4) is 0 Å². The van der Waals surface area contributed by atoms with E-state index in [2.05, 4.69) is 0 Å². The van der Waals surface area contributed by atoms with Gasteiger partial charge in [0.1, 0.15) is 12.4 Å². The molecule has 5 nitrogen and oxygen atoms in total. The van der Waals surface area contributed by atoms with Gasteiger partial charge in [0.2, 0.25) is 0 Å². The van der Waals surface area contributed by atoms with Crippen molar-refractivity contribution in [3.63, 3.8) is 0 Å². The molecule has 1 aliphatic rings. The summed E-state index contributed by atoms with van der Waals surface area (Å²) in [5, 5.41) is 0.364. The zero-order valence-corrected chi connectivity index (χ0v) is 13.2. The number of rotatable bonds is 3. The molecule has 0 bridgehead atoms. The SMILES string of the molecule is Cc1ccc(Cl)c(OC(=O)c2cccc(N3CCOC3=O)c2)c1. The minimum atomic E-state index is -0.535. The van der Waals surface area contributed by atoms with Crippen LogP contribution in [0, 0.1) is 6.92 Å². The lowest BCUT2D eigenvalue weighted by molar-refractivity contribution is 0.0734. The van der Waals surface area contributed by atoms with Crippen molar-refractivity contribution >= 4 is 29.4 Å². The maximum atomic E-state index is 12.3. The molecule has 1 fully saturated rings. The first-order valence-electron chi connectivity index (χ1n) is 7.07. The maximum absolute atomic E-state index is 12.3. The van der Waals surface area contributed by atoms with Crippen molar-refractivity contribution in [2.24, 2.45) is 0 Å². The fourth-order valence-electron chi connectivity index (χ4n) is 2.28. The standard InChI is InChI=1S/C17H14ClNO4/c1-11-5-6-14(18)15(9-11)23-16(20)12-3-2-4-13(10-12)19-7-8-22-17(19)21/h2-6,9-10H,7-8H2,1H3. The largest absolute Gasteiger partial charge is 0.447 e. The number of ether oxygens (including phenoxy) is 2. The fourth-order valence-corrected chi connectivity index (χ4v) is 2.43. The molecule has 0 saturated carbocycles. The van der Waals surface area contributed by atoms with E-state index in [0.717, 1.165) is 5.56 Å². The van der Waals surface area contributed by atoms with Crippen molar-refractivity contribution < 1.29 is 19.1 Å². The first-order valence-corrected chi connectivity index (χ1v) is 7.45. The van der Waals surface area contributed by atoms with Crippen LogP contribution in [-0.2, 0) is 4.74 Å². The normalized spacial score (nSPS) is 13.8. The highest BCUT2D eigenvalue weighted by atomic mass is 35.5. The number of cyclic esters (lactones) is 1. The molecule has 0 unspecified atom stereocenters. The van der Waals surface area contributed by atoms with Gasteiger partial charge < -0.3 is 9.47 Å². The van der Waals surface area contributed by atoms with Gasteiger partial charge in [-0.05, 0) is 42.8 Å². The molecule has 0 aliphatic carbocycles. The number of hydrogen-bond donors (Lipinski definition) is 0. The van der Waals surface area contributed by atoms with Crippen LogP contribution in [0.1, 0.15) is 15.9 Å². The van der Waals surface area contributed by atoms with E-state index in [-0.39, 0.29) is 0 Å². The number of carbonyl (C=O) groups is 2. The van der Waals surface area contributed by atoms with E-state index >= 15 is 0 Å². The third-order valence-corrected chi connectivity index (χ3v) is 3.76. The van der Waals surface area contributed by atoms with Crippen molar-refractivity contribution in [3.8, 4) is 5.75 Å². The lowest BCUT2D eigenvalue weighted by atomic mass is 10.2. The average molecular weight is 332 g/mol. The van der Waals surface area contributed by atoms with Gasteiger partial charge in [0.15, 0.2) is 0 Å². The van der Waals surface area contributed by atoms with Gasteiger partial charge in [0.25, 0.3) is 0 Å². The number of aryl methyl sites for hydroxylation is 1. The first-order chi connectivity index (χ1) is 11.0.